The predicted octanol–water partition coefficient (Wildman–Crippen LogP) is 2.61. The number of hydrogen-bond acceptors (Lipinski definition) is 6. The monoisotopic (exact) mass is 487 g/mol. The molecule has 1 atom stereocenters. The number of carbonyl (C=O) groups is 3. The third-order valence-electron chi connectivity index (χ3n) is 5.35. The summed E-state index contributed by atoms with van der Waals surface area (Å²) < 4.78 is 32.9. The van der Waals surface area contributed by atoms with Crippen LogP contribution in [0.15, 0.2) is 59.5 Å². The summed E-state index contributed by atoms with van der Waals surface area (Å²) in [4.78, 5) is 38.4. The minimum atomic E-state index is -3.86. The molecule has 0 saturated carbocycles. The zero-order chi connectivity index (χ0) is 24.6. The van der Waals surface area contributed by atoms with E-state index in [1.54, 1.807) is 29.2 Å². The molecule has 1 saturated heterocycles. The van der Waals surface area contributed by atoms with E-state index in [1.807, 2.05) is 6.07 Å². The zero-order valence-corrected chi connectivity index (χ0v) is 19.8. The standard InChI is InChI=1S/C24H29N3O6S/c1-18(28)26-20-10-12-21(13-11-20)34(31,32)25-15-14-22(29)33-23(19-8-4-2-5-9-19)24(30)27-16-6-3-7-17-27/h2,4-5,8-13,23,25H,3,6-7,14-17H2,1H3,(H,26,28). The molecule has 3 rings (SSSR count). The van der Waals surface area contributed by atoms with Crippen LogP contribution in [0.25, 0.3) is 0 Å². The van der Waals surface area contributed by atoms with Crippen LogP contribution in [0.4, 0.5) is 5.69 Å². The molecule has 2 aromatic rings. The fourth-order valence-electron chi connectivity index (χ4n) is 3.65. The van der Waals surface area contributed by atoms with Gasteiger partial charge in [-0.1, -0.05) is 30.3 Å². The number of sulfonamides is 1. The van der Waals surface area contributed by atoms with Gasteiger partial charge in [0.05, 0.1) is 11.3 Å². The second-order valence-corrected chi connectivity index (χ2v) is 9.79. The van der Waals surface area contributed by atoms with Gasteiger partial charge in [0.25, 0.3) is 5.91 Å². The number of benzene rings is 2. The highest BCUT2D eigenvalue weighted by molar-refractivity contribution is 7.89. The van der Waals surface area contributed by atoms with E-state index in [4.69, 9.17) is 4.74 Å². The normalized spacial score (nSPS) is 14.8. The molecule has 0 aliphatic carbocycles. The molecule has 0 aromatic heterocycles. The first-order valence-corrected chi connectivity index (χ1v) is 12.6. The molecule has 182 valence electrons. The van der Waals surface area contributed by atoms with E-state index in [9.17, 15) is 22.8 Å². The SMILES string of the molecule is CC(=O)Nc1ccc(S(=O)(=O)NCCC(=O)OC(C(=O)N2CCCCC2)c2ccccc2)cc1. The predicted molar refractivity (Wildman–Crippen MR) is 126 cm³/mol. The van der Waals surface area contributed by atoms with Crippen LogP contribution in [0.1, 0.15) is 44.3 Å². The quantitative estimate of drug-likeness (QED) is 0.525. The smallest absolute Gasteiger partial charge is 0.308 e. The second kappa shape index (κ2) is 11.8. The number of amides is 2. The summed E-state index contributed by atoms with van der Waals surface area (Å²) in [5.74, 6) is -1.21. The van der Waals surface area contributed by atoms with E-state index in [0.717, 1.165) is 19.3 Å². The number of ether oxygens (including phenoxy) is 1. The maximum Gasteiger partial charge on any atom is 0.308 e. The van der Waals surface area contributed by atoms with Crippen molar-refractivity contribution in [3.05, 3.63) is 60.2 Å². The number of piperidine rings is 1. The molecular formula is C24H29N3O6S. The molecule has 2 aromatic carbocycles. The molecule has 2 amide bonds. The first-order valence-electron chi connectivity index (χ1n) is 11.2. The lowest BCUT2D eigenvalue weighted by Gasteiger charge is -2.30. The zero-order valence-electron chi connectivity index (χ0n) is 19.0. The van der Waals surface area contributed by atoms with Gasteiger partial charge in [-0.2, -0.15) is 0 Å². The highest BCUT2D eigenvalue weighted by Crippen LogP contribution is 2.23. The molecule has 1 fully saturated rings. The van der Waals surface area contributed by atoms with Crippen LogP contribution in [0.2, 0.25) is 0 Å². The van der Waals surface area contributed by atoms with Gasteiger partial charge in [0, 0.05) is 37.8 Å². The molecule has 0 radical (unpaired) electrons. The molecule has 10 heteroatoms. The van der Waals surface area contributed by atoms with Crippen LogP contribution < -0.4 is 10.0 Å². The molecule has 1 heterocycles. The van der Waals surface area contributed by atoms with Gasteiger partial charge in [-0.3, -0.25) is 14.4 Å². The van der Waals surface area contributed by atoms with Crippen molar-refractivity contribution in [3.63, 3.8) is 0 Å². The third kappa shape index (κ3) is 7.13. The van der Waals surface area contributed by atoms with Crippen molar-refractivity contribution < 1.29 is 27.5 Å². The lowest BCUT2D eigenvalue weighted by Crippen LogP contribution is -2.40. The molecule has 0 bridgehead atoms. The van der Waals surface area contributed by atoms with Crippen molar-refractivity contribution in [1.29, 1.82) is 0 Å². The molecule has 1 aliphatic heterocycles. The molecule has 0 spiro atoms. The van der Waals surface area contributed by atoms with Gasteiger partial charge in [0.15, 0.2) is 0 Å². The molecule has 9 nitrogen and oxygen atoms in total. The van der Waals surface area contributed by atoms with Gasteiger partial charge in [-0.25, -0.2) is 13.1 Å². The van der Waals surface area contributed by atoms with Crippen molar-refractivity contribution in [2.45, 2.75) is 43.6 Å². The van der Waals surface area contributed by atoms with E-state index in [1.165, 1.54) is 31.2 Å². The Morgan fingerprint density at radius 1 is 0.971 bits per heavy atom. The number of esters is 1. The molecule has 34 heavy (non-hydrogen) atoms. The summed E-state index contributed by atoms with van der Waals surface area (Å²) in [5.41, 5.74) is 1.05. The Bertz CT molecular complexity index is 1100. The summed E-state index contributed by atoms with van der Waals surface area (Å²) in [6.07, 6.45) is 1.59. The summed E-state index contributed by atoms with van der Waals surface area (Å²) in [6, 6.07) is 14.5. The van der Waals surface area contributed by atoms with Crippen LogP contribution in [0.5, 0.6) is 0 Å². The average molecular weight is 488 g/mol. The first-order chi connectivity index (χ1) is 16.3. The Morgan fingerprint density at radius 2 is 1.62 bits per heavy atom. The summed E-state index contributed by atoms with van der Waals surface area (Å²) in [7, 11) is -3.86. The van der Waals surface area contributed by atoms with Crippen molar-refractivity contribution >= 4 is 33.5 Å². The van der Waals surface area contributed by atoms with Crippen LogP contribution in [-0.4, -0.2) is 50.7 Å². The van der Waals surface area contributed by atoms with Gasteiger partial charge in [0.2, 0.25) is 22.0 Å². The highest BCUT2D eigenvalue weighted by atomic mass is 32.2. The fourth-order valence-corrected chi connectivity index (χ4v) is 4.68. The summed E-state index contributed by atoms with van der Waals surface area (Å²) >= 11 is 0. The van der Waals surface area contributed by atoms with Crippen LogP contribution >= 0.6 is 0 Å². The molecule has 1 unspecified atom stereocenters. The number of likely N-dealkylation sites (tertiary alicyclic amines) is 1. The molecule has 1 aliphatic rings. The third-order valence-corrected chi connectivity index (χ3v) is 6.83. The minimum Gasteiger partial charge on any atom is -0.447 e. The van der Waals surface area contributed by atoms with Crippen LogP contribution in [-0.2, 0) is 29.1 Å². The fraction of sp³-hybridized carbons (Fsp3) is 0.375. The topological polar surface area (TPSA) is 122 Å². The number of rotatable bonds is 9. The maximum absolute atomic E-state index is 13.1. The number of hydrogen-bond donors (Lipinski definition) is 2. The Labute approximate surface area is 199 Å². The summed E-state index contributed by atoms with van der Waals surface area (Å²) in [6.45, 7) is 2.42. The number of nitrogens with one attached hydrogen (secondary N) is 2. The van der Waals surface area contributed by atoms with E-state index in [0.29, 0.717) is 24.3 Å². The Morgan fingerprint density at radius 3 is 2.24 bits per heavy atom. The van der Waals surface area contributed by atoms with E-state index in [2.05, 4.69) is 10.0 Å². The van der Waals surface area contributed by atoms with Crippen LogP contribution in [0, 0.1) is 0 Å². The van der Waals surface area contributed by atoms with Crippen molar-refractivity contribution in [3.8, 4) is 0 Å². The van der Waals surface area contributed by atoms with E-state index in [-0.39, 0.29) is 29.7 Å². The van der Waals surface area contributed by atoms with Gasteiger partial charge < -0.3 is 15.0 Å². The minimum absolute atomic E-state index is 0.00240. The number of nitrogens with zero attached hydrogens (tertiary/aromatic N) is 1. The molecule has 2 N–H and O–H groups in total. The average Bonchev–Trinajstić information content (AvgIpc) is 2.83. The van der Waals surface area contributed by atoms with Gasteiger partial charge in [-0.15, -0.1) is 0 Å². The Kier molecular flexibility index (Phi) is 8.78. The first kappa shape index (κ1) is 25.4. The summed E-state index contributed by atoms with van der Waals surface area (Å²) in [5, 5.41) is 2.56. The second-order valence-electron chi connectivity index (χ2n) is 8.02. The van der Waals surface area contributed by atoms with Crippen molar-refractivity contribution in [1.82, 2.24) is 9.62 Å². The lowest BCUT2D eigenvalue weighted by molar-refractivity contribution is -0.161. The van der Waals surface area contributed by atoms with Crippen molar-refractivity contribution in [2.24, 2.45) is 0 Å². The van der Waals surface area contributed by atoms with E-state index >= 15 is 0 Å². The number of anilines is 1. The number of carbonyl (C=O) groups excluding carboxylic acids is 3. The highest BCUT2D eigenvalue weighted by Gasteiger charge is 2.30. The van der Waals surface area contributed by atoms with Gasteiger partial charge >= 0.3 is 5.97 Å². The van der Waals surface area contributed by atoms with Crippen molar-refractivity contribution in [2.75, 3.05) is 25.0 Å². The Balaban J connectivity index is 1.59. The largest absolute Gasteiger partial charge is 0.447 e. The maximum atomic E-state index is 13.1. The lowest BCUT2D eigenvalue weighted by atomic mass is 10.1. The van der Waals surface area contributed by atoms with Gasteiger partial charge in [-0.05, 0) is 43.5 Å². The van der Waals surface area contributed by atoms with Gasteiger partial charge in [0.1, 0.15) is 0 Å². The molecular weight excluding hydrogens is 458 g/mol. The van der Waals surface area contributed by atoms with Crippen LogP contribution in [0.3, 0.4) is 0 Å². The van der Waals surface area contributed by atoms with E-state index < -0.39 is 22.1 Å². The Hall–Kier alpha value is -3.24.